The average Bonchev–Trinajstić information content (AvgIpc) is 2.39. The number of piperidine rings is 1. The zero-order valence-electron chi connectivity index (χ0n) is 11.7. The van der Waals surface area contributed by atoms with Gasteiger partial charge in [-0.05, 0) is 35.6 Å². The molecule has 22 heavy (non-hydrogen) atoms. The third-order valence-electron chi connectivity index (χ3n) is 3.29. The van der Waals surface area contributed by atoms with Gasteiger partial charge in [0.15, 0.2) is 6.61 Å². The van der Waals surface area contributed by atoms with E-state index in [9.17, 15) is 22.0 Å². The second-order valence-electron chi connectivity index (χ2n) is 5.12. The van der Waals surface area contributed by atoms with Crippen LogP contribution < -0.4 is 9.64 Å². The summed E-state index contributed by atoms with van der Waals surface area (Å²) < 4.78 is 68.2. The number of aromatic nitrogens is 1. The minimum absolute atomic E-state index is 0.0489. The fourth-order valence-electron chi connectivity index (χ4n) is 2.12. The number of aryl methyl sites for hydroxylation is 1. The lowest BCUT2D eigenvalue weighted by atomic mass is 10.1. The van der Waals surface area contributed by atoms with E-state index in [1.165, 1.54) is 13.0 Å². The zero-order valence-corrected chi connectivity index (χ0v) is 13.8. The van der Waals surface area contributed by atoms with Gasteiger partial charge in [0.1, 0.15) is 11.6 Å². The smallest absolute Gasteiger partial charge is 0.422 e. The van der Waals surface area contributed by atoms with Gasteiger partial charge in [-0.25, -0.2) is 13.8 Å². The molecular formula is C13H14F5IN2O. The van der Waals surface area contributed by atoms with Crippen LogP contribution >= 0.6 is 22.6 Å². The van der Waals surface area contributed by atoms with Crippen LogP contribution in [0.3, 0.4) is 0 Å². The van der Waals surface area contributed by atoms with Crippen LogP contribution in [0.5, 0.6) is 5.75 Å². The number of alkyl halides is 5. The first-order valence-electron chi connectivity index (χ1n) is 6.57. The molecule has 0 radical (unpaired) electrons. The first kappa shape index (κ1) is 17.5. The summed E-state index contributed by atoms with van der Waals surface area (Å²) in [4.78, 5) is 5.95. The van der Waals surface area contributed by atoms with Crippen molar-refractivity contribution in [3.05, 3.63) is 15.3 Å². The van der Waals surface area contributed by atoms with Crippen LogP contribution in [-0.4, -0.2) is 36.8 Å². The number of pyridine rings is 1. The Labute approximate surface area is 138 Å². The maximum absolute atomic E-state index is 13.2. The Hall–Kier alpha value is -0.870. The molecule has 0 bridgehead atoms. The van der Waals surface area contributed by atoms with Crippen LogP contribution in [0.2, 0.25) is 0 Å². The largest absolute Gasteiger partial charge is 0.482 e. The normalized spacial score (nSPS) is 18.4. The molecule has 1 saturated heterocycles. The number of rotatable bonds is 3. The quantitative estimate of drug-likeness (QED) is 0.526. The van der Waals surface area contributed by atoms with Crippen molar-refractivity contribution < 1.29 is 26.7 Å². The van der Waals surface area contributed by atoms with Crippen molar-refractivity contribution in [3.63, 3.8) is 0 Å². The molecule has 2 rings (SSSR count). The minimum atomic E-state index is -4.42. The predicted octanol–water partition coefficient (Wildman–Crippen LogP) is 4.17. The first-order chi connectivity index (χ1) is 10.1. The van der Waals surface area contributed by atoms with Crippen LogP contribution in [0.25, 0.3) is 0 Å². The summed E-state index contributed by atoms with van der Waals surface area (Å²) in [7, 11) is 0. The van der Waals surface area contributed by atoms with Crippen molar-refractivity contribution in [1.82, 2.24) is 4.98 Å². The molecule has 1 fully saturated rings. The summed E-state index contributed by atoms with van der Waals surface area (Å²) >= 11 is 1.92. The molecule has 124 valence electrons. The SMILES string of the molecule is Cc1nc(N2CCC(F)(F)CC2)c(I)cc1OCC(F)(F)F. The molecule has 1 aliphatic rings. The predicted molar refractivity (Wildman–Crippen MR) is 79.6 cm³/mol. The lowest BCUT2D eigenvalue weighted by molar-refractivity contribution is -0.153. The Kier molecular flexibility index (Phi) is 5.03. The van der Waals surface area contributed by atoms with Crippen molar-refractivity contribution in [2.45, 2.75) is 31.9 Å². The Bertz CT molecular complexity index is 540. The van der Waals surface area contributed by atoms with E-state index in [0.29, 0.717) is 15.1 Å². The third kappa shape index (κ3) is 4.56. The van der Waals surface area contributed by atoms with Gasteiger partial charge in [0.05, 0.1) is 9.26 Å². The fraction of sp³-hybridized carbons (Fsp3) is 0.615. The number of anilines is 1. The Morgan fingerprint density at radius 3 is 2.45 bits per heavy atom. The maximum Gasteiger partial charge on any atom is 0.422 e. The average molecular weight is 436 g/mol. The van der Waals surface area contributed by atoms with Gasteiger partial charge < -0.3 is 9.64 Å². The summed E-state index contributed by atoms with van der Waals surface area (Å²) in [6.07, 6.45) is -4.93. The monoisotopic (exact) mass is 436 g/mol. The molecule has 0 saturated carbocycles. The summed E-state index contributed by atoms with van der Waals surface area (Å²) in [6.45, 7) is 0.473. The van der Waals surface area contributed by atoms with Crippen LogP contribution in [0.4, 0.5) is 27.8 Å². The van der Waals surface area contributed by atoms with Crippen molar-refractivity contribution in [2.75, 3.05) is 24.6 Å². The van der Waals surface area contributed by atoms with E-state index in [0.717, 1.165) is 0 Å². The lowest BCUT2D eigenvalue weighted by Gasteiger charge is -2.33. The van der Waals surface area contributed by atoms with Crippen molar-refractivity contribution in [2.24, 2.45) is 0 Å². The van der Waals surface area contributed by atoms with Gasteiger partial charge in [0, 0.05) is 25.9 Å². The number of nitrogens with zero attached hydrogens (tertiary/aromatic N) is 2. The van der Waals surface area contributed by atoms with E-state index in [4.69, 9.17) is 4.74 Å². The molecule has 1 aromatic rings. The molecule has 0 aromatic carbocycles. The molecule has 0 unspecified atom stereocenters. The molecule has 1 aliphatic heterocycles. The summed E-state index contributed by atoms with van der Waals surface area (Å²) in [6, 6.07) is 1.46. The molecule has 2 heterocycles. The molecule has 9 heteroatoms. The molecule has 0 spiro atoms. The van der Waals surface area contributed by atoms with Crippen molar-refractivity contribution in [1.29, 1.82) is 0 Å². The van der Waals surface area contributed by atoms with Gasteiger partial charge in [-0.15, -0.1) is 0 Å². The van der Waals surface area contributed by atoms with Crippen molar-refractivity contribution in [3.8, 4) is 5.75 Å². The van der Waals surface area contributed by atoms with E-state index < -0.39 is 18.7 Å². The van der Waals surface area contributed by atoms with E-state index in [-0.39, 0.29) is 31.7 Å². The fourth-order valence-corrected chi connectivity index (χ4v) is 2.87. The minimum Gasteiger partial charge on any atom is -0.482 e. The highest BCUT2D eigenvalue weighted by molar-refractivity contribution is 14.1. The second-order valence-corrected chi connectivity index (χ2v) is 6.29. The standard InChI is InChI=1S/C13H14F5IN2O/c1-8-10(22-7-13(16,17)18)6-9(19)11(20-8)21-4-2-12(14,15)3-5-21/h6H,2-5,7H2,1H3. The number of halogens is 6. The highest BCUT2D eigenvalue weighted by Gasteiger charge is 2.35. The first-order valence-corrected chi connectivity index (χ1v) is 7.65. The molecule has 0 aliphatic carbocycles. The molecule has 0 atom stereocenters. The van der Waals surface area contributed by atoms with Gasteiger partial charge in [-0.3, -0.25) is 0 Å². The van der Waals surface area contributed by atoms with Gasteiger partial charge in [0.25, 0.3) is 5.92 Å². The molecular weight excluding hydrogens is 422 g/mol. The Morgan fingerprint density at radius 2 is 1.91 bits per heavy atom. The van der Waals surface area contributed by atoms with Crippen LogP contribution in [0, 0.1) is 10.5 Å². The number of ether oxygens (including phenoxy) is 1. The lowest BCUT2D eigenvalue weighted by Crippen LogP contribution is -2.40. The Balaban J connectivity index is 2.13. The number of hydrogen-bond acceptors (Lipinski definition) is 3. The van der Waals surface area contributed by atoms with E-state index in [1.807, 2.05) is 22.6 Å². The van der Waals surface area contributed by atoms with E-state index in [1.54, 1.807) is 4.90 Å². The van der Waals surface area contributed by atoms with Gasteiger partial charge in [-0.2, -0.15) is 13.2 Å². The van der Waals surface area contributed by atoms with Crippen LogP contribution in [0.1, 0.15) is 18.5 Å². The Morgan fingerprint density at radius 1 is 1.32 bits per heavy atom. The van der Waals surface area contributed by atoms with Crippen LogP contribution in [-0.2, 0) is 0 Å². The summed E-state index contributed by atoms with van der Waals surface area (Å²) in [5.41, 5.74) is 0.303. The molecule has 3 nitrogen and oxygen atoms in total. The summed E-state index contributed by atoms with van der Waals surface area (Å²) in [5, 5.41) is 0. The maximum atomic E-state index is 13.2. The topological polar surface area (TPSA) is 25.4 Å². The molecule has 1 aromatic heterocycles. The van der Waals surface area contributed by atoms with Gasteiger partial charge >= 0.3 is 6.18 Å². The van der Waals surface area contributed by atoms with E-state index >= 15 is 0 Å². The summed E-state index contributed by atoms with van der Waals surface area (Å²) in [5.74, 6) is -2.10. The highest BCUT2D eigenvalue weighted by atomic mass is 127. The zero-order chi connectivity index (χ0) is 16.5. The van der Waals surface area contributed by atoms with Crippen molar-refractivity contribution >= 4 is 28.4 Å². The van der Waals surface area contributed by atoms with Gasteiger partial charge in [-0.1, -0.05) is 0 Å². The highest BCUT2D eigenvalue weighted by Crippen LogP contribution is 2.33. The van der Waals surface area contributed by atoms with Gasteiger partial charge in [0.2, 0.25) is 0 Å². The van der Waals surface area contributed by atoms with Crippen LogP contribution in [0.15, 0.2) is 6.07 Å². The van der Waals surface area contributed by atoms with E-state index in [2.05, 4.69) is 4.98 Å². The second kappa shape index (κ2) is 6.32. The number of hydrogen-bond donors (Lipinski definition) is 0. The third-order valence-corrected chi connectivity index (χ3v) is 4.08. The molecule has 0 N–H and O–H groups in total. The molecule has 0 amide bonds.